The van der Waals surface area contributed by atoms with Gasteiger partial charge in [-0.15, -0.1) is 5.10 Å². The standard InChI is InChI=1S/C25H34N6O3/c1-25(2,3)31-24(26-27-28-31)22(20-8-7-9-21(33-5)23(20)34-6)30-16-14-29(15-17-30)18-10-12-19(32-4)13-11-18/h7-13,22H,14-17H2,1-6H3/t22-/m0/s1. The van der Waals surface area contributed by atoms with Gasteiger partial charge in [0.25, 0.3) is 0 Å². The largest absolute Gasteiger partial charge is 0.497 e. The van der Waals surface area contributed by atoms with Gasteiger partial charge in [0.05, 0.1) is 26.9 Å². The Morgan fingerprint density at radius 3 is 2.15 bits per heavy atom. The van der Waals surface area contributed by atoms with Crippen LogP contribution in [0.5, 0.6) is 17.2 Å². The van der Waals surface area contributed by atoms with E-state index in [1.807, 2.05) is 28.9 Å². The highest BCUT2D eigenvalue weighted by atomic mass is 16.5. The van der Waals surface area contributed by atoms with E-state index in [2.05, 4.69) is 64.3 Å². The lowest BCUT2D eigenvalue weighted by Gasteiger charge is -2.40. The average Bonchev–Trinajstić information content (AvgIpc) is 3.35. The van der Waals surface area contributed by atoms with Crippen molar-refractivity contribution in [2.75, 3.05) is 52.4 Å². The van der Waals surface area contributed by atoms with Crippen molar-refractivity contribution >= 4 is 5.69 Å². The molecule has 1 saturated heterocycles. The van der Waals surface area contributed by atoms with Crippen LogP contribution in [-0.4, -0.2) is 72.6 Å². The van der Waals surface area contributed by atoms with E-state index in [-0.39, 0.29) is 11.6 Å². The van der Waals surface area contributed by atoms with Crippen LogP contribution in [0.3, 0.4) is 0 Å². The maximum atomic E-state index is 5.82. The number of anilines is 1. The fraction of sp³-hybridized carbons (Fsp3) is 0.480. The van der Waals surface area contributed by atoms with Crippen LogP contribution in [0.1, 0.15) is 38.2 Å². The highest BCUT2D eigenvalue weighted by molar-refractivity contribution is 5.51. The molecule has 4 rings (SSSR count). The zero-order chi connectivity index (χ0) is 24.3. The van der Waals surface area contributed by atoms with Crippen molar-refractivity contribution in [1.82, 2.24) is 25.1 Å². The molecule has 0 saturated carbocycles. The number of para-hydroxylation sites is 1. The number of piperazine rings is 1. The van der Waals surface area contributed by atoms with E-state index in [0.717, 1.165) is 43.3 Å². The number of nitrogens with zero attached hydrogens (tertiary/aromatic N) is 6. The Bertz CT molecular complexity index is 1080. The zero-order valence-corrected chi connectivity index (χ0v) is 20.9. The Morgan fingerprint density at radius 2 is 1.56 bits per heavy atom. The monoisotopic (exact) mass is 466 g/mol. The van der Waals surface area contributed by atoms with Crippen LogP contribution < -0.4 is 19.1 Å². The van der Waals surface area contributed by atoms with Crippen molar-refractivity contribution < 1.29 is 14.2 Å². The number of hydrogen-bond acceptors (Lipinski definition) is 8. The van der Waals surface area contributed by atoms with Crippen LogP contribution in [0.15, 0.2) is 42.5 Å². The second kappa shape index (κ2) is 9.89. The summed E-state index contributed by atoms with van der Waals surface area (Å²) in [7, 11) is 5.02. The number of aromatic nitrogens is 4. The number of tetrazole rings is 1. The van der Waals surface area contributed by atoms with E-state index in [9.17, 15) is 0 Å². The molecule has 0 amide bonds. The van der Waals surface area contributed by atoms with Crippen molar-refractivity contribution in [3.63, 3.8) is 0 Å². The van der Waals surface area contributed by atoms with Gasteiger partial charge in [-0.2, -0.15) is 0 Å². The molecule has 0 bridgehead atoms. The van der Waals surface area contributed by atoms with Gasteiger partial charge < -0.3 is 19.1 Å². The average molecular weight is 467 g/mol. The summed E-state index contributed by atoms with van der Waals surface area (Å²) < 4.78 is 18.6. The summed E-state index contributed by atoms with van der Waals surface area (Å²) in [5, 5.41) is 12.9. The number of methoxy groups -OCH3 is 3. The molecule has 0 radical (unpaired) electrons. The SMILES string of the molecule is COc1ccc(N2CCN([C@@H](c3cccc(OC)c3OC)c3nnnn3C(C)(C)C)CC2)cc1. The number of benzene rings is 2. The molecule has 0 unspecified atom stereocenters. The Hall–Kier alpha value is -3.33. The predicted octanol–water partition coefficient (Wildman–Crippen LogP) is 3.37. The summed E-state index contributed by atoms with van der Waals surface area (Å²) in [5.74, 6) is 3.05. The fourth-order valence-electron chi connectivity index (χ4n) is 4.50. The van der Waals surface area contributed by atoms with Gasteiger partial charge in [-0.3, -0.25) is 4.90 Å². The van der Waals surface area contributed by atoms with Crippen molar-refractivity contribution in [1.29, 1.82) is 0 Å². The van der Waals surface area contributed by atoms with Gasteiger partial charge in [0.15, 0.2) is 17.3 Å². The first-order chi connectivity index (χ1) is 16.4. The van der Waals surface area contributed by atoms with Crippen molar-refractivity contribution in [3.05, 3.63) is 53.9 Å². The summed E-state index contributed by atoms with van der Waals surface area (Å²) in [5.41, 5.74) is 1.91. The Labute approximate surface area is 201 Å². The first-order valence-corrected chi connectivity index (χ1v) is 11.5. The van der Waals surface area contributed by atoms with E-state index >= 15 is 0 Å². The molecule has 0 aliphatic carbocycles. The van der Waals surface area contributed by atoms with Crippen molar-refractivity contribution in [2.45, 2.75) is 32.4 Å². The Kier molecular flexibility index (Phi) is 6.92. The highest BCUT2D eigenvalue weighted by Gasteiger charge is 2.35. The normalized spacial score (nSPS) is 15.8. The number of ether oxygens (including phenoxy) is 3. The van der Waals surface area contributed by atoms with Crippen LogP contribution in [0.4, 0.5) is 5.69 Å². The molecule has 34 heavy (non-hydrogen) atoms. The molecule has 2 aromatic carbocycles. The molecule has 9 heteroatoms. The van der Waals surface area contributed by atoms with Gasteiger partial charge >= 0.3 is 0 Å². The minimum absolute atomic E-state index is 0.183. The summed E-state index contributed by atoms with van der Waals surface area (Å²) in [6, 6.07) is 14.0. The lowest BCUT2D eigenvalue weighted by Crippen LogP contribution is -2.48. The van der Waals surface area contributed by atoms with Gasteiger partial charge in [-0.25, -0.2) is 4.68 Å². The maximum Gasteiger partial charge on any atom is 0.173 e. The zero-order valence-electron chi connectivity index (χ0n) is 20.9. The van der Waals surface area contributed by atoms with Gasteiger partial charge in [-0.05, 0) is 61.5 Å². The van der Waals surface area contributed by atoms with Crippen molar-refractivity contribution in [3.8, 4) is 17.2 Å². The van der Waals surface area contributed by atoms with Gasteiger partial charge in [0, 0.05) is 37.4 Å². The molecule has 1 aromatic heterocycles. The van der Waals surface area contributed by atoms with E-state index in [1.54, 1.807) is 21.3 Å². The molecule has 2 heterocycles. The third-order valence-corrected chi connectivity index (χ3v) is 6.22. The maximum absolute atomic E-state index is 5.82. The van der Waals surface area contributed by atoms with Crippen LogP contribution in [0.25, 0.3) is 0 Å². The van der Waals surface area contributed by atoms with E-state index in [1.165, 1.54) is 5.69 Å². The molecule has 9 nitrogen and oxygen atoms in total. The lowest BCUT2D eigenvalue weighted by atomic mass is 10.00. The quantitative estimate of drug-likeness (QED) is 0.525. The van der Waals surface area contributed by atoms with E-state index in [0.29, 0.717) is 11.5 Å². The van der Waals surface area contributed by atoms with Gasteiger partial charge in [0.2, 0.25) is 0 Å². The lowest BCUT2D eigenvalue weighted by molar-refractivity contribution is 0.188. The molecule has 3 aromatic rings. The Balaban J connectivity index is 1.69. The summed E-state index contributed by atoms with van der Waals surface area (Å²) >= 11 is 0. The van der Waals surface area contributed by atoms with Crippen LogP contribution in [0.2, 0.25) is 0 Å². The molecule has 1 aliphatic heterocycles. The summed E-state index contributed by atoms with van der Waals surface area (Å²) in [6.07, 6.45) is 0. The highest BCUT2D eigenvalue weighted by Crippen LogP contribution is 2.40. The predicted molar refractivity (Wildman–Crippen MR) is 131 cm³/mol. The molecule has 182 valence electrons. The Morgan fingerprint density at radius 1 is 0.853 bits per heavy atom. The van der Waals surface area contributed by atoms with Crippen LogP contribution >= 0.6 is 0 Å². The smallest absolute Gasteiger partial charge is 0.173 e. The second-order valence-electron chi connectivity index (χ2n) is 9.33. The third-order valence-electron chi connectivity index (χ3n) is 6.22. The molecule has 1 aliphatic rings. The van der Waals surface area contributed by atoms with Crippen molar-refractivity contribution in [2.24, 2.45) is 0 Å². The third kappa shape index (κ3) is 4.65. The van der Waals surface area contributed by atoms with E-state index < -0.39 is 0 Å². The van der Waals surface area contributed by atoms with Crippen LogP contribution in [0, 0.1) is 0 Å². The summed E-state index contributed by atoms with van der Waals surface area (Å²) in [6.45, 7) is 9.76. The molecule has 0 N–H and O–H groups in total. The number of rotatable bonds is 7. The van der Waals surface area contributed by atoms with Crippen LogP contribution in [-0.2, 0) is 5.54 Å². The van der Waals surface area contributed by atoms with Gasteiger partial charge in [0.1, 0.15) is 11.8 Å². The fourth-order valence-corrected chi connectivity index (χ4v) is 4.50. The topological polar surface area (TPSA) is 77.8 Å². The second-order valence-corrected chi connectivity index (χ2v) is 9.33. The number of hydrogen-bond donors (Lipinski definition) is 0. The molecular formula is C25H34N6O3. The first-order valence-electron chi connectivity index (χ1n) is 11.5. The summed E-state index contributed by atoms with van der Waals surface area (Å²) in [4.78, 5) is 4.81. The van der Waals surface area contributed by atoms with E-state index in [4.69, 9.17) is 14.2 Å². The molecule has 1 atom stereocenters. The molecule has 1 fully saturated rings. The first kappa shape index (κ1) is 23.8. The molecular weight excluding hydrogens is 432 g/mol. The molecule has 0 spiro atoms. The minimum atomic E-state index is -0.270. The van der Waals surface area contributed by atoms with Gasteiger partial charge in [-0.1, -0.05) is 12.1 Å². The minimum Gasteiger partial charge on any atom is -0.497 e.